The molecule has 2 aromatic rings. The third-order valence-electron chi connectivity index (χ3n) is 7.16. The van der Waals surface area contributed by atoms with E-state index in [0.29, 0.717) is 23.8 Å². The SMILES string of the molecule is CCCOc1ccccc1CN1CCCC[C@@H]2CN(CC[C@@H]2OC)C(=O)c2ccccc2OCC1. The number of carbonyl (C=O) groups excluding carboxylic acids is 1. The average molecular weight is 481 g/mol. The quantitative estimate of drug-likeness (QED) is 0.581. The van der Waals surface area contributed by atoms with Gasteiger partial charge in [-0.2, -0.15) is 0 Å². The summed E-state index contributed by atoms with van der Waals surface area (Å²) in [6.45, 7) is 7.48. The van der Waals surface area contributed by atoms with Crippen molar-refractivity contribution in [2.24, 2.45) is 5.92 Å². The molecule has 0 aromatic heterocycles. The van der Waals surface area contributed by atoms with Crippen LogP contribution in [0.25, 0.3) is 0 Å². The molecule has 2 atom stereocenters. The average Bonchev–Trinajstić information content (AvgIpc) is 2.89. The Morgan fingerprint density at radius 1 is 1.00 bits per heavy atom. The smallest absolute Gasteiger partial charge is 0.257 e. The fraction of sp³-hybridized carbons (Fsp3) is 0.552. The van der Waals surface area contributed by atoms with Gasteiger partial charge in [0.2, 0.25) is 0 Å². The van der Waals surface area contributed by atoms with Crippen LogP contribution in [0.15, 0.2) is 48.5 Å². The molecule has 0 N–H and O–H groups in total. The minimum atomic E-state index is 0.0658. The lowest BCUT2D eigenvalue weighted by Crippen LogP contribution is -2.46. The summed E-state index contributed by atoms with van der Waals surface area (Å²) in [6.07, 6.45) is 5.40. The predicted molar refractivity (Wildman–Crippen MR) is 138 cm³/mol. The van der Waals surface area contributed by atoms with Crippen molar-refractivity contribution < 1.29 is 19.0 Å². The van der Waals surface area contributed by atoms with Crippen LogP contribution in [0.1, 0.15) is 54.9 Å². The van der Waals surface area contributed by atoms with E-state index in [2.05, 4.69) is 30.0 Å². The highest BCUT2D eigenvalue weighted by Crippen LogP contribution is 2.28. The Balaban J connectivity index is 1.52. The number of carbonyl (C=O) groups is 1. The van der Waals surface area contributed by atoms with Crippen LogP contribution in [0.4, 0.5) is 0 Å². The van der Waals surface area contributed by atoms with E-state index >= 15 is 0 Å². The van der Waals surface area contributed by atoms with Crippen molar-refractivity contribution in [1.29, 1.82) is 0 Å². The monoisotopic (exact) mass is 480 g/mol. The van der Waals surface area contributed by atoms with Gasteiger partial charge in [0.25, 0.3) is 5.91 Å². The highest BCUT2D eigenvalue weighted by atomic mass is 16.5. The van der Waals surface area contributed by atoms with Gasteiger partial charge in [-0.3, -0.25) is 9.69 Å². The molecule has 6 heteroatoms. The number of rotatable bonds is 6. The molecule has 2 heterocycles. The molecular formula is C29H40N2O4. The summed E-state index contributed by atoms with van der Waals surface area (Å²) < 4.78 is 18.0. The Kier molecular flexibility index (Phi) is 9.43. The first kappa shape index (κ1) is 25.5. The van der Waals surface area contributed by atoms with Crippen molar-refractivity contribution in [2.45, 2.75) is 51.7 Å². The number of para-hydroxylation sites is 2. The standard InChI is InChI=1S/C29H40N2O4/c1-3-19-34-27-13-6-4-10-23(27)21-30-16-9-8-11-24-22-31(17-15-26(24)33-2)29(32)25-12-5-7-14-28(25)35-20-18-30/h4-7,10,12-14,24,26H,3,8-9,11,15-22H2,1-2H3/t24-,26+/m1/s1. The van der Waals surface area contributed by atoms with Crippen LogP contribution in [0.2, 0.25) is 0 Å². The fourth-order valence-corrected chi connectivity index (χ4v) is 5.25. The van der Waals surface area contributed by atoms with Gasteiger partial charge in [0, 0.05) is 44.8 Å². The number of ether oxygens (including phenoxy) is 3. The van der Waals surface area contributed by atoms with Crippen molar-refractivity contribution in [3.63, 3.8) is 0 Å². The molecule has 0 saturated carbocycles. The topological polar surface area (TPSA) is 51.2 Å². The van der Waals surface area contributed by atoms with Crippen LogP contribution < -0.4 is 9.47 Å². The third kappa shape index (κ3) is 6.77. The zero-order chi connectivity index (χ0) is 24.5. The Labute approximate surface area is 210 Å². The van der Waals surface area contributed by atoms with Crippen molar-refractivity contribution in [2.75, 3.05) is 46.5 Å². The zero-order valence-corrected chi connectivity index (χ0v) is 21.3. The number of amides is 1. The molecule has 4 rings (SSSR count). The van der Waals surface area contributed by atoms with Gasteiger partial charge in [0.1, 0.15) is 18.1 Å². The molecule has 1 saturated heterocycles. The molecule has 6 nitrogen and oxygen atoms in total. The molecule has 2 aliphatic rings. The predicted octanol–water partition coefficient (Wildman–Crippen LogP) is 5.02. The maximum Gasteiger partial charge on any atom is 0.257 e. The summed E-state index contributed by atoms with van der Waals surface area (Å²) >= 11 is 0. The van der Waals surface area contributed by atoms with E-state index in [-0.39, 0.29) is 12.0 Å². The van der Waals surface area contributed by atoms with Crippen LogP contribution in [-0.2, 0) is 11.3 Å². The molecule has 35 heavy (non-hydrogen) atoms. The minimum absolute atomic E-state index is 0.0658. The maximum absolute atomic E-state index is 13.4. The number of benzene rings is 2. The van der Waals surface area contributed by atoms with Gasteiger partial charge in [-0.05, 0) is 50.4 Å². The Morgan fingerprint density at radius 2 is 1.83 bits per heavy atom. The van der Waals surface area contributed by atoms with Crippen molar-refractivity contribution in [3.8, 4) is 11.5 Å². The number of piperidine rings is 1. The van der Waals surface area contributed by atoms with Gasteiger partial charge in [0.15, 0.2) is 0 Å². The van der Waals surface area contributed by atoms with E-state index in [9.17, 15) is 4.79 Å². The molecule has 2 aromatic carbocycles. The van der Waals surface area contributed by atoms with Crippen LogP contribution >= 0.6 is 0 Å². The first-order valence-corrected chi connectivity index (χ1v) is 13.2. The Bertz CT molecular complexity index is 950. The molecule has 0 spiro atoms. The molecule has 1 fully saturated rings. The number of methoxy groups -OCH3 is 1. The molecule has 0 unspecified atom stereocenters. The molecule has 1 amide bonds. The summed E-state index contributed by atoms with van der Waals surface area (Å²) in [4.78, 5) is 17.9. The lowest BCUT2D eigenvalue weighted by atomic mass is 9.89. The Hall–Kier alpha value is -2.57. The first-order valence-electron chi connectivity index (χ1n) is 13.2. The summed E-state index contributed by atoms with van der Waals surface area (Å²) in [5, 5.41) is 0. The molecule has 2 aliphatic heterocycles. The molecule has 190 valence electrons. The lowest BCUT2D eigenvalue weighted by molar-refractivity contribution is -0.00702. The second kappa shape index (κ2) is 12.9. The molecule has 2 bridgehead atoms. The van der Waals surface area contributed by atoms with Crippen molar-refractivity contribution in [1.82, 2.24) is 9.80 Å². The first-order chi connectivity index (χ1) is 17.2. The van der Waals surface area contributed by atoms with Gasteiger partial charge >= 0.3 is 0 Å². The summed E-state index contributed by atoms with van der Waals surface area (Å²) in [6, 6.07) is 16.0. The summed E-state index contributed by atoms with van der Waals surface area (Å²) in [5.74, 6) is 2.07. The van der Waals surface area contributed by atoms with Gasteiger partial charge in [0.05, 0.1) is 18.3 Å². The van der Waals surface area contributed by atoms with Gasteiger partial charge < -0.3 is 19.1 Å². The summed E-state index contributed by atoms with van der Waals surface area (Å²) in [7, 11) is 1.80. The number of hydrogen-bond acceptors (Lipinski definition) is 5. The second-order valence-electron chi connectivity index (χ2n) is 9.65. The third-order valence-corrected chi connectivity index (χ3v) is 7.16. The normalized spacial score (nSPS) is 22.1. The van der Waals surface area contributed by atoms with Crippen molar-refractivity contribution >= 4 is 5.91 Å². The summed E-state index contributed by atoms with van der Waals surface area (Å²) in [5.41, 5.74) is 1.86. The van der Waals surface area contributed by atoms with Crippen molar-refractivity contribution in [3.05, 3.63) is 59.7 Å². The van der Waals surface area contributed by atoms with Crippen LogP contribution in [0.3, 0.4) is 0 Å². The lowest BCUT2D eigenvalue weighted by Gasteiger charge is -2.38. The molecule has 0 aliphatic carbocycles. The number of hydrogen-bond donors (Lipinski definition) is 0. The Morgan fingerprint density at radius 3 is 2.69 bits per heavy atom. The van der Waals surface area contributed by atoms with Crippen LogP contribution in [-0.4, -0.2) is 68.3 Å². The van der Waals surface area contributed by atoms with E-state index in [0.717, 1.165) is 77.2 Å². The van der Waals surface area contributed by atoms with Crippen LogP contribution in [0.5, 0.6) is 11.5 Å². The van der Waals surface area contributed by atoms with E-state index in [1.165, 1.54) is 5.56 Å². The van der Waals surface area contributed by atoms with E-state index in [1.54, 1.807) is 7.11 Å². The molecule has 0 radical (unpaired) electrons. The number of nitrogens with zero attached hydrogens (tertiary/aromatic N) is 2. The zero-order valence-electron chi connectivity index (χ0n) is 21.3. The van der Waals surface area contributed by atoms with E-state index in [4.69, 9.17) is 14.2 Å². The largest absolute Gasteiger partial charge is 0.493 e. The van der Waals surface area contributed by atoms with E-state index in [1.807, 2.05) is 35.2 Å². The van der Waals surface area contributed by atoms with Crippen LogP contribution in [0, 0.1) is 5.92 Å². The van der Waals surface area contributed by atoms with Gasteiger partial charge in [-0.15, -0.1) is 0 Å². The minimum Gasteiger partial charge on any atom is -0.493 e. The van der Waals surface area contributed by atoms with E-state index < -0.39 is 0 Å². The number of fused-ring (bicyclic) bond motifs is 3. The van der Waals surface area contributed by atoms with Gasteiger partial charge in [-0.25, -0.2) is 0 Å². The fourth-order valence-electron chi connectivity index (χ4n) is 5.25. The maximum atomic E-state index is 13.4. The second-order valence-corrected chi connectivity index (χ2v) is 9.65. The highest BCUT2D eigenvalue weighted by Gasteiger charge is 2.32. The molecular weight excluding hydrogens is 440 g/mol. The van der Waals surface area contributed by atoms with Gasteiger partial charge in [-0.1, -0.05) is 43.7 Å². The highest BCUT2D eigenvalue weighted by molar-refractivity contribution is 5.97.